The highest BCUT2D eigenvalue weighted by Gasteiger charge is 2.23. The van der Waals surface area contributed by atoms with Crippen LogP contribution < -0.4 is 10.7 Å². The first-order valence-electron chi connectivity index (χ1n) is 7.78. The van der Waals surface area contributed by atoms with Crippen molar-refractivity contribution in [1.29, 1.82) is 5.26 Å². The molecule has 0 bridgehead atoms. The lowest BCUT2D eigenvalue weighted by molar-refractivity contribution is -0.136. The smallest absolute Gasteiger partial charge is 0.308 e. The monoisotopic (exact) mass is 353 g/mol. The summed E-state index contributed by atoms with van der Waals surface area (Å²) in [6.07, 6.45) is 8.47. The summed E-state index contributed by atoms with van der Waals surface area (Å²) in [7, 11) is 0. The van der Waals surface area contributed by atoms with E-state index in [9.17, 15) is 14.9 Å². The molecular weight excluding hydrogens is 338 g/mol. The fraction of sp³-hybridized carbons (Fsp3) is 0.235. The van der Waals surface area contributed by atoms with Gasteiger partial charge in [-0.25, -0.2) is 5.43 Å². The molecule has 2 aromatic heterocycles. The van der Waals surface area contributed by atoms with E-state index in [-0.39, 0.29) is 0 Å². The van der Waals surface area contributed by atoms with Crippen LogP contribution in [-0.2, 0) is 22.4 Å². The number of thiophene rings is 1. The third kappa shape index (κ3) is 3.89. The number of hydrazone groups is 1. The van der Waals surface area contributed by atoms with Crippen LogP contribution in [0.2, 0.25) is 0 Å². The molecule has 1 aliphatic rings. The first kappa shape index (κ1) is 16.8. The zero-order valence-corrected chi connectivity index (χ0v) is 14.1. The van der Waals surface area contributed by atoms with Crippen molar-refractivity contribution in [2.45, 2.75) is 25.7 Å². The van der Waals surface area contributed by atoms with Crippen LogP contribution in [-0.4, -0.2) is 23.0 Å². The Morgan fingerprint density at radius 3 is 2.76 bits per heavy atom. The molecule has 2 N–H and O–H groups in total. The lowest BCUT2D eigenvalue weighted by atomic mass is 9.96. The summed E-state index contributed by atoms with van der Waals surface area (Å²) in [4.78, 5) is 28.9. The number of fused-ring (bicyclic) bond motifs is 1. The van der Waals surface area contributed by atoms with Crippen LogP contribution >= 0.6 is 11.3 Å². The maximum absolute atomic E-state index is 12.0. The second-order valence-electron chi connectivity index (χ2n) is 5.46. The third-order valence-electron chi connectivity index (χ3n) is 3.80. The molecule has 1 aliphatic carbocycles. The van der Waals surface area contributed by atoms with Gasteiger partial charge in [-0.15, -0.1) is 11.3 Å². The molecule has 2 aromatic rings. The topological polar surface area (TPSA) is 107 Å². The quantitative estimate of drug-likeness (QED) is 0.500. The summed E-state index contributed by atoms with van der Waals surface area (Å²) in [6.45, 7) is 0. The van der Waals surface area contributed by atoms with Gasteiger partial charge < -0.3 is 5.32 Å². The zero-order valence-electron chi connectivity index (χ0n) is 13.3. The van der Waals surface area contributed by atoms with Crippen molar-refractivity contribution in [3.05, 3.63) is 46.1 Å². The predicted molar refractivity (Wildman–Crippen MR) is 94.3 cm³/mol. The Balaban J connectivity index is 1.64. The van der Waals surface area contributed by atoms with Crippen LogP contribution in [0.3, 0.4) is 0 Å². The molecular formula is C17H15N5O2S. The minimum absolute atomic E-state index is 0.438. The maximum Gasteiger partial charge on any atom is 0.329 e. The second-order valence-corrected chi connectivity index (χ2v) is 6.57. The fourth-order valence-electron chi connectivity index (χ4n) is 2.60. The Kier molecular flexibility index (Phi) is 5.16. The van der Waals surface area contributed by atoms with Crippen molar-refractivity contribution >= 4 is 34.4 Å². The standard InChI is InChI=1S/C17H15N5O2S/c18-9-13-12-3-1-2-4-14(12)25-17(13)21-15(23)16(24)22-20-10-11-5-7-19-8-6-11/h5-8,10H,1-4H2,(H,21,23)(H,22,24)/b20-10-. The zero-order chi connectivity index (χ0) is 17.6. The Labute approximate surface area is 148 Å². The number of carbonyl (C=O) groups excluding carboxylic acids is 2. The van der Waals surface area contributed by atoms with Gasteiger partial charge in [0.15, 0.2) is 0 Å². The average molecular weight is 353 g/mol. The van der Waals surface area contributed by atoms with Crippen LogP contribution in [0.25, 0.3) is 0 Å². The fourth-order valence-corrected chi connectivity index (χ4v) is 3.83. The average Bonchev–Trinajstić information content (AvgIpc) is 2.99. The molecule has 8 heteroatoms. The number of nitriles is 1. The highest BCUT2D eigenvalue weighted by Crippen LogP contribution is 2.37. The number of pyridine rings is 1. The summed E-state index contributed by atoms with van der Waals surface area (Å²) in [6, 6.07) is 5.57. The summed E-state index contributed by atoms with van der Waals surface area (Å²) < 4.78 is 0. The van der Waals surface area contributed by atoms with Crippen molar-refractivity contribution < 1.29 is 9.59 Å². The Bertz CT molecular complexity index is 867. The molecule has 0 saturated carbocycles. The second kappa shape index (κ2) is 7.68. The predicted octanol–water partition coefficient (Wildman–Crippen LogP) is 1.98. The number of carbonyl (C=O) groups is 2. The van der Waals surface area contributed by atoms with Gasteiger partial charge in [0.1, 0.15) is 11.1 Å². The molecule has 2 amide bonds. The first-order valence-corrected chi connectivity index (χ1v) is 8.59. The molecule has 0 saturated heterocycles. The van der Waals surface area contributed by atoms with Gasteiger partial charge in [0.25, 0.3) is 0 Å². The molecule has 0 aliphatic heterocycles. The highest BCUT2D eigenvalue weighted by molar-refractivity contribution is 7.16. The van der Waals surface area contributed by atoms with Crippen molar-refractivity contribution in [1.82, 2.24) is 10.4 Å². The molecule has 7 nitrogen and oxygen atoms in total. The van der Waals surface area contributed by atoms with E-state index >= 15 is 0 Å². The number of hydrogen-bond acceptors (Lipinski definition) is 6. The summed E-state index contributed by atoms with van der Waals surface area (Å²) in [5, 5.41) is 16.1. The SMILES string of the molecule is N#Cc1c(NC(=O)C(=O)N/N=C\c2ccncc2)sc2c1CCCC2. The van der Waals surface area contributed by atoms with Gasteiger partial charge in [0.05, 0.1) is 11.8 Å². The van der Waals surface area contributed by atoms with Gasteiger partial charge >= 0.3 is 11.8 Å². The molecule has 126 valence electrons. The van der Waals surface area contributed by atoms with Gasteiger partial charge in [0.2, 0.25) is 0 Å². The first-order chi connectivity index (χ1) is 12.2. The van der Waals surface area contributed by atoms with Crippen LogP contribution in [0.1, 0.15) is 34.4 Å². The van der Waals surface area contributed by atoms with E-state index in [0.29, 0.717) is 10.6 Å². The summed E-state index contributed by atoms with van der Waals surface area (Å²) in [5.41, 5.74) is 4.39. The van der Waals surface area contributed by atoms with Crippen LogP contribution in [0.4, 0.5) is 5.00 Å². The van der Waals surface area contributed by atoms with Gasteiger partial charge in [-0.3, -0.25) is 14.6 Å². The van der Waals surface area contributed by atoms with Gasteiger partial charge in [-0.2, -0.15) is 10.4 Å². The van der Waals surface area contributed by atoms with E-state index in [0.717, 1.165) is 41.7 Å². The Hall–Kier alpha value is -3.05. The summed E-state index contributed by atoms with van der Waals surface area (Å²) in [5.74, 6) is -1.73. The van der Waals surface area contributed by atoms with Crippen LogP contribution in [0.15, 0.2) is 29.6 Å². The lowest BCUT2D eigenvalue weighted by Crippen LogP contribution is -2.32. The van der Waals surface area contributed by atoms with E-state index in [1.54, 1.807) is 24.5 Å². The Morgan fingerprint density at radius 2 is 2.00 bits per heavy atom. The molecule has 25 heavy (non-hydrogen) atoms. The molecule has 0 fully saturated rings. The molecule has 0 spiro atoms. The van der Waals surface area contributed by atoms with Crippen molar-refractivity contribution in [3.63, 3.8) is 0 Å². The van der Waals surface area contributed by atoms with Crippen LogP contribution in [0, 0.1) is 11.3 Å². The normalized spacial score (nSPS) is 13.1. The minimum Gasteiger partial charge on any atom is -0.308 e. The minimum atomic E-state index is -0.888. The number of nitrogens with zero attached hydrogens (tertiary/aromatic N) is 3. The van der Waals surface area contributed by atoms with Crippen molar-refractivity contribution in [2.75, 3.05) is 5.32 Å². The number of anilines is 1. The number of hydrogen-bond donors (Lipinski definition) is 2. The summed E-state index contributed by atoms with van der Waals surface area (Å²) >= 11 is 1.37. The Morgan fingerprint density at radius 1 is 1.24 bits per heavy atom. The van der Waals surface area contributed by atoms with E-state index in [4.69, 9.17) is 0 Å². The van der Waals surface area contributed by atoms with E-state index in [2.05, 4.69) is 26.9 Å². The van der Waals surface area contributed by atoms with Gasteiger partial charge in [-0.1, -0.05) is 0 Å². The largest absolute Gasteiger partial charge is 0.329 e. The van der Waals surface area contributed by atoms with Gasteiger partial charge in [-0.05, 0) is 48.9 Å². The van der Waals surface area contributed by atoms with Crippen molar-refractivity contribution in [3.8, 4) is 6.07 Å². The van der Waals surface area contributed by atoms with Gasteiger partial charge in [0, 0.05) is 17.3 Å². The molecule has 0 aromatic carbocycles. The molecule has 3 rings (SSSR count). The molecule has 0 radical (unpaired) electrons. The van der Waals surface area contributed by atoms with Crippen LogP contribution in [0.5, 0.6) is 0 Å². The number of nitrogens with one attached hydrogen (secondary N) is 2. The molecule has 2 heterocycles. The highest BCUT2D eigenvalue weighted by atomic mass is 32.1. The molecule has 0 atom stereocenters. The number of aromatic nitrogens is 1. The number of rotatable bonds is 3. The maximum atomic E-state index is 12.0. The molecule has 0 unspecified atom stereocenters. The van der Waals surface area contributed by atoms with E-state index < -0.39 is 11.8 Å². The lowest BCUT2D eigenvalue weighted by Gasteiger charge is -2.09. The van der Waals surface area contributed by atoms with E-state index in [1.165, 1.54) is 17.6 Å². The van der Waals surface area contributed by atoms with E-state index in [1.807, 2.05) is 0 Å². The number of aryl methyl sites for hydroxylation is 1. The number of amides is 2. The van der Waals surface area contributed by atoms with Crippen molar-refractivity contribution in [2.24, 2.45) is 5.10 Å². The third-order valence-corrected chi connectivity index (χ3v) is 5.01.